The monoisotopic (exact) mass is 638 g/mol. The molecule has 0 unspecified atom stereocenters. The van der Waals surface area contributed by atoms with Crippen molar-refractivity contribution in [3.05, 3.63) is 47.5 Å². The molecule has 1 rings (SSSR count). The molecule has 1 aromatic rings. The fourth-order valence-electron chi connectivity index (χ4n) is 6.36. The van der Waals surface area contributed by atoms with E-state index in [1.54, 1.807) is 0 Å². The van der Waals surface area contributed by atoms with Gasteiger partial charge in [-0.25, -0.2) is 0 Å². The van der Waals surface area contributed by atoms with Gasteiger partial charge in [0.1, 0.15) is 0 Å². The summed E-state index contributed by atoms with van der Waals surface area (Å²) < 4.78 is 0. The Bertz CT molecular complexity index is 860. The van der Waals surface area contributed by atoms with Gasteiger partial charge in [0.05, 0.1) is 0 Å². The molecular weight excluding hydrogens is 562 g/mol. The minimum atomic E-state index is -0.258. The molecule has 3 heteroatoms. The van der Waals surface area contributed by atoms with Gasteiger partial charge in [0.2, 0.25) is 5.91 Å². The van der Waals surface area contributed by atoms with Crippen LogP contribution in [0.4, 0.5) is 0 Å². The molecule has 46 heavy (non-hydrogen) atoms. The first-order valence-electron chi connectivity index (χ1n) is 20.3. The van der Waals surface area contributed by atoms with Gasteiger partial charge in [-0.2, -0.15) is 0 Å². The van der Waals surface area contributed by atoms with Crippen molar-refractivity contribution in [1.29, 1.82) is 0 Å². The minimum Gasteiger partial charge on any atom is -0.292 e. The zero-order valence-electron chi connectivity index (χ0n) is 30.7. The zero-order valence-corrected chi connectivity index (χ0v) is 30.7. The SMILES string of the molecule is CCCCCCCCCCC=CCCCCCCc1cccc(C(=O)NC(=O)CCCCCCCCCCCCCCCCC)c1. The van der Waals surface area contributed by atoms with E-state index in [1.807, 2.05) is 18.2 Å². The number of amides is 2. The number of allylic oxidation sites excluding steroid dienone is 2. The Hall–Kier alpha value is -1.90. The molecule has 3 nitrogen and oxygen atoms in total. The lowest BCUT2D eigenvalue weighted by atomic mass is 10.0. The molecule has 0 spiro atoms. The second kappa shape index (κ2) is 33.0. The quantitative estimate of drug-likeness (QED) is 0.0615. The van der Waals surface area contributed by atoms with E-state index in [9.17, 15) is 9.59 Å². The molecule has 0 saturated heterocycles. The predicted molar refractivity (Wildman–Crippen MR) is 202 cm³/mol. The molecule has 0 aliphatic carbocycles. The maximum atomic E-state index is 12.7. The summed E-state index contributed by atoms with van der Waals surface area (Å²) >= 11 is 0. The molecule has 0 saturated carbocycles. The fourth-order valence-corrected chi connectivity index (χ4v) is 6.36. The van der Waals surface area contributed by atoms with Crippen molar-refractivity contribution in [2.45, 2.75) is 213 Å². The van der Waals surface area contributed by atoms with Crippen molar-refractivity contribution in [2.24, 2.45) is 0 Å². The third-order valence-corrected chi connectivity index (χ3v) is 9.43. The van der Waals surface area contributed by atoms with Gasteiger partial charge < -0.3 is 0 Å². The number of hydrogen-bond acceptors (Lipinski definition) is 2. The van der Waals surface area contributed by atoms with E-state index in [4.69, 9.17) is 0 Å². The van der Waals surface area contributed by atoms with E-state index >= 15 is 0 Å². The van der Waals surface area contributed by atoms with Gasteiger partial charge in [-0.3, -0.25) is 14.9 Å². The lowest BCUT2D eigenvalue weighted by Gasteiger charge is -2.07. The molecule has 0 atom stereocenters. The van der Waals surface area contributed by atoms with E-state index < -0.39 is 0 Å². The zero-order chi connectivity index (χ0) is 33.2. The Kier molecular flexibility index (Phi) is 30.2. The molecule has 2 amide bonds. The third kappa shape index (κ3) is 27.2. The molecule has 0 heterocycles. The lowest BCUT2D eigenvalue weighted by molar-refractivity contribution is -0.120. The second-order valence-corrected chi connectivity index (χ2v) is 14.0. The normalized spacial score (nSPS) is 11.4. The van der Waals surface area contributed by atoms with Crippen LogP contribution in [0.25, 0.3) is 0 Å². The molecule has 0 radical (unpaired) electrons. The number of hydrogen-bond donors (Lipinski definition) is 1. The number of imide groups is 1. The van der Waals surface area contributed by atoms with Crippen LogP contribution < -0.4 is 5.32 Å². The Balaban J connectivity index is 1.99. The molecule has 1 aromatic carbocycles. The maximum absolute atomic E-state index is 12.7. The largest absolute Gasteiger partial charge is 0.292 e. The van der Waals surface area contributed by atoms with Crippen molar-refractivity contribution < 1.29 is 9.59 Å². The summed E-state index contributed by atoms with van der Waals surface area (Å²) in [4.78, 5) is 25.0. The summed E-state index contributed by atoms with van der Waals surface area (Å²) in [5, 5.41) is 2.61. The van der Waals surface area contributed by atoms with Crippen LogP contribution in [0, 0.1) is 0 Å². The molecule has 0 aromatic heterocycles. The predicted octanol–water partition coefficient (Wildman–Crippen LogP) is 13.8. The highest BCUT2D eigenvalue weighted by atomic mass is 16.2. The van der Waals surface area contributed by atoms with Gasteiger partial charge in [0, 0.05) is 12.0 Å². The molecule has 0 aliphatic rings. The van der Waals surface area contributed by atoms with E-state index in [0.29, 0.717) is 12.0 Å². The summed E-state index contributed by atoms with van der Waals surface area (Å²) in [6.07, 6.45) is 44.3. The number of carbonyl (C=O) groups is 2. The Labute approximate surface area is 286 Å². The Morgan fingerprint density at radius 2 is 0.935 bits per heavy atom. The van der Waals surface area contributed by atoms with Crippen LogP contribution in [0.2, 0.25) is 0 Å². The van der Waals surface area contributed by atoms with Crippen molar-refractivity contribution in [3.8, 4) is 0 Å². The van der Waals surface area contributed by atoms with Crippen LogP contribution in [0.15, 0.2) is 36.4 Å². The number of unbranched alkanes of at least 4 members (excludes halogenated alkanes) is 26. The van der Waals surface area contributed by atoms with E-state index in [0.717, 1.165) is 25.7 Å². The van der Waals surface area contributed by atoms with Crippen molar-refractivity contribution >= 4 is 11.8 Å². The first-order valence-corrected chi connectivity index (χ1v) is 20.3. The minimum absolute atomic E-state index is 0.142. The molecular formula is C43H75NO2. The van der Waals surface area contributed by atoms with Crippen LogP contribution in [0.3, 0.4) is 0 Å². The van der Waals surface area contributed by atoms with Crippen LogP contribution in [-0.2, 0) is 11.2 Å². The highest BCUT2D eigenvalue weighted by Crippen LogP contribution is 2.15. The average Bonchev–Trinajstić information content (AvgIpc) is 3.06. The molecule has 264 valence electrons. The van der Waals surface area contributed by atoms with Gasteiger partial charge in [0.15, 0.2) is 0 Å². The third-order valence-electron chi connectivity index (χ3n) is 9.43. The number of aryl methyl sites for hydroxylation is 1. The van der Waals surface area contributed by atoms with Gasteiger partial charge >= 0.3 is 0 Å². The van der Waals surface area contributed by atoms with Crippen molar-refractivity contribution in [2.75, 3.05) is 0 Å². The molecule has 1 N–H and O–H groups in total. The van der Waals surface area contributed by atoms with Gasteiger partial charge in [-0.05, 0) is 62.6 Å². The fraction of sp³-hybridized carbons (Fsp3) is 0.767. The average molecular weight is 638 g/mol. The topological polar surface area (TPSA) is 46.2 Å². The van der Waals surface area contributed by atoms with Gasteiger partial charge in [0.25, 0.3) is 5.91 Å². The van der Waals surface area contributed by atoms with E-state index in [2.05, 4.69) is 37.4 Å². The highest BCUT2D eigenvalue weighted by molar-refractivity contribution is 6.04. The number of rotatable bonds is 33. The second-order valence-electron chi connectivity index (χ2n) is 14.0. The summed E-state index contributed by atoms with van der Waals surface area (Å²) in [7, 11) is 0. The van der Waals surface area contributed by atoms with E-state index in [-0.39, 0.29) is 11.8 Å². The first kappa shape index (κ1) is 42.1. The molecule has 0 bridgehead atoms. The number of benzene rings is 1. The Morgan fingerprint density at radius 3 is 1.41 bits per heavy atom. The highest BCUT2D eigenvalue weighted by Gasteiger charge is 2.10. The molecule has 0 fully saturated rings. The lowest BCUT2D eigenvalue weighted by Crippen LogP contribution is -2.30. The summed E-state index contributed by atoms with van der Waals surface area (Å²) in [6.45, 7) is 4.56. The Morgan fingerprint density at radius 1 is 0.522 bits per heavy atom. The van der Waals surface area contributed by atoms with Crippen LogP contribution in [0.1, 0.15) is 222 Å². The standard InChI is InChI=1S/C43H75NO2/c1-3-5-7-9-11-13-15-17-19-21-22-24-26-28-30-32-35-40-36-34-37-41(39-40)43(46)44-42(45)38-33-31-29-27-25-23-20-18-16-14-12-10-8-6-4-2/h21-22,34,36-37,39H,3-20,23-33,35,38H2,1-2H3,(H,44,45,46). The van der Waals surface area contributed by atoms with Crippen molar-refractivity contribution in [1.82, 2.24) is 5.32 Å². The number of nitrogens with one attached hydrogen (secondary N) is 1. The van der Waals surface area contributed by atoms with Crippen LogP contribution in [0.5, 0.6) is 0 Å². The summed E-state index contributed by atoms with van der Waals surface area (Å²) in [5.74, 6) is -0.400. The van der Waals surface area contributed by atoms with E-state index in [1.165, 1.54) is 173 Å². The van der Waals surface area contributed by atoms with Gasteiger partial charge in [-0.1, -0.05) is 186 Å². The summed E-state index contributed by atoms with van der Waals surface area (Å²) in [5.41, 5.74) is 1.79. The number of carbonyl (C=O) groups excluding carboxylic acids is 2. The smallest absolute Gasteiger partial charge is 0.257 e. The maximum Gasteiger partial charge on any atom is 0.257 e. The molecule has 0 aliphatic heterocycles. The summed E-state index contributed by atoms with van der Waals surface area (Å²) in [6, 6.07) is 7.83. The van der Waals surface area contributed by atoms with Crippen molar-refractivity contribution in [3.63, 3.8) is 0 Å². The first-order chi connectivity index (χ1) is 22.7. The van der Waals surface area contributed by atoms with Gasteiger partial charge in [-0.15, -0.1) is 0 Å². The van der Waals surface area contributed by atoms with Crippen LogP contribution >= 0.6 is 0 Å². The van der Waals surface area contributed by atoms with Crippen LogP contribution in [-0.4, -0.2) is 11.8 Å².